The quantitative estimate of drug-likeness (QED) is 0.645. The molecule has 0 unspecified atom stereocenters. The van der Waals surface area contributed by atoms with E-state index < -0.39 is 0 Å². The van der Waals surface area contributed by atoms with Crippen molar-refractivity contribution in [2.24, 2.45) is 0 Å². The van der Waals surface area contributed by atoms with E-state index >= 15 is 0 Å². The Bertz CT molecular complexity index is 324. The molecule has 1 aromatic carbocycles. The summed E-state index contributed by atoms with van der Waals surface area (Å²) in [4.78, 5) is 13.1. The fourth-order valence-corrected chi connectivity index (χ4v) is 1.50. The van der Waals surface area contributed by atoms with Gasteiger partial charge in [-0.2, -0.15) is 11.6 Å². The maximum absolute atomic E-state index is 11.1. The zero-order chi connectivity index (χ0) is 8.55. The number of nitrogens with zero attached hydrogens (tertiary/aromatic N) is 1. The average Bonchev–Trinajstić information content (AvgIpc) is 2.04. The Morgan fingerprint density at radius 1 is 1.38 bits per heavy atom. The van der Waals surface area contributed by atoms with Crippen molar-refractivity contribution in [3.8, 4) is 0 Å². The first-order valence-corrected chi connectivity index (χ1v) is 3.95. The van der Waals surface area contributed by atoms with E-state index in [0.29, 0.717) is 6.54 Å². The second-order valence-electron chi connectivity index (χ2n) is 3.03. The molecule has 0 atom stereocenters. The molecule has 0 amide bonds. The van der Waals surface area contributed by atoms with Gasteiger partial charge in [-0.25, -0.2) is 0 Å². The predicted molar refractivity (Wildman–Crippen MR) is 48.1 cm³/mol. The van der Waals surface area contributed by atoms with Gasteiger partial charge in [0.2, 0.25) is 0 Å². The minimum atomic E-state index is 0. The van der Waals surface area contributed by atoms with E-state index in [4.69, 9.17) is 0 Å². The first-order valence-electron chi connectivity index (χ1n) is 3.95. The monoisotopic (exact) mass is 249 g/mol. The number of carbonyl (C=O) groups is 1. The summed E-state index contributed by atoms with van der Waals surface area (Å²) in [6.45, 7) is 0.497. The molecule has 1 radical (unpaired) electrons. The number of hydrogen-bond donors (Lipinski definition) is 0. The molecular formula is C10H10NOY-. The molecule has 0 saturated heterocycles. The predicted octanol–water partition coefficient (Wildman–Crippen LogP) is 1.26. The molecule has 13 heavy (non-hydrogen) atoms. The molecule has 0 aromatic heterocycles. The van der Waals surface area contributed by atoms with E-state index in [0.717, 1.165) is 11.3 Å². The minimum Gasteiger partial charge on any atom is -0.420 e. The molecule has 1 aromatic rings. The van der Waals surface area contributed by atoms with Crippen LogP contribution in [0.15, 0.2) is 24.3 Å². The Morgan fingerprint density at radius 3 is 2.85 bits per heavy atom. The smallest absolute Gasteiger partial charge is 0.120 e. The van der Waals surface area contributed by atoms with Crippen LogP contribution in [0.2, 0.25) is 0 Å². The number of Topliss-reactive ketones (excluding diaryl/α,β-unsaturated/α-hetero) is 1. The molecule has 0 aliphatic carbocycles. The van der Waals surface area contributed by atoms with E-state index in [1.165, 1.54) is 0 Å². The summed E-state index contributed by atoms with van der Waals surface area (Å²) in [7, 11) is 1.93. The number of para-hydroxylation sites is 1. The minimum absolute atomic E-state index is 0. The third-order valence-corrected chi connectivity index (χ3v) is 2.06. The molecule has 2 rings (SSSR count). The van der Waals surface area contributed by atoms with Crippen molar-refractivity contribution in [1.29, 1.82) is 0 Å². The third-order valence-electron chi connectivity index (χ3n) is 2.06. The van der Waals surface area contributed by atoms with Gasteiger partial charge in [0, 0.05) is 32.7 Å². The first kappa shape index (κ1) is 10.7. The van der Waals surface area contributed by atoms with Crippen molar-refractivity contribution in [2.75, 3.05) is 18.5 Å². The van der Waals surface area contributed by atoms with E-state index in [1.54, 1.807) is 6.42 Å². The number of likely N-dealkylation sites (N-methyl/N-ethyl adjacent to an activating group) is 1. The summed E-state index contributed by atoms with van der Waals surface area (Å²) in [5.41, 5.74) is 2.16. The van der Waals surface area contributed by atoms with Gasteiger partial charge in [0.1, 0.15) is 5.78 Å². The zero-order valence-electron chi connectivity index (χ0n) is 7.53. The number of hydrogen-bond acceptors (Lipinski definition) is 2. The average molecular weight is 249 g/mol. The molecule has 0 spiro atoms. The number of anilines is 1. The van der Waals surface area contributed by atoms with Crippen molar-refractivity contribution >= 4 is 11.5 Å². The largest absolute Gasteiger partial charge is 0.420 e. The summed E-state index contributed by atoms with van der Waals surface area (Å²) in [5.74, 6) is 0.177. The molecule has 1 aliphatic rings. The SMILES string of the molecule is CN1CC(=O)[CH-]c2ccccc21.[Y]. The molecule has 0 bridgehead atoms. The van der Waals surface area contributed by atoms with Crippen LogP contribution in [-0.4, -0.2) is 19.4 Å². The Hall–Kier alpha value is -0.336. The van der Waals surface area contributed by atoms with Gasteiger partial charge in [-0.3, -0.25) is 0 Å². The van der Waals surface area contributed by atoms with E-state index in [9.17, 15) is 4.79 Å². The van der Waals surface area contributed by atoms with Crippen molar-refractivity contribution in [2.45, 2.75) is 0 Å². The van der Waals surface area contributed by atoms with Crippen LogP contribution in [0.5, 0.6) is 0 Å². The number of benzene rings is 1. The molecule has 0 saturated carbocycles. The van der Waals surface area contributed by atoms with Crippen LogP contribution in [0.3, 0.4) is 0 Å². The van der Waals surface area contributed by atoms with Gasteiger partial charge in [0.05, 0.1) is 6.54 Å². The van der Waals surface area contributed by atoms with Crippen LogP contribution >= 0.6 is 0 Å². The molecule has 3 heteroatoms. The fraction of sp³-hybridized carbons (Fsp3) is 0.200. The first-order chi connectivity index (χ1) is 5.77. The van der Waals surface area contributed by atoms with Crippen molar-refractivity contribution in [1.82, 2.24) is 0 Å². The number of rotatable bonds is 0. The van der Waals surface area contributed by atoms with Crippen LogP contribution in [-0.2, 0) is 37.5 Å². The molecule has 0 N–H and O–H groups in total. The van der Waals surface area contributed by atoms with Crippen LogP contribution in [0.1, 0.15) is 5.56 Å². The summed E-state index contributed by atoms with van der Waals surface area (Å²) in [6, 6.07) is 7.92. The fourth-order valence-electron chi connectivity index (χ4n) is 1.50. The Kier molecular flexibility index (Phi) is 3.51. The van der Waals surface area contributed by atoms with E-state index in [1.807, 2.05) is 36.2 Å². The third kappa shape index (κ3) is 2.12. The number of fused-ring (bicyclic) bond motifs is 1. The van der Waals surface area contributed by atoms with Crippen molar-refractivity contribution < 1.29 is 37.5 Å². The molecule has 2 nitrogen and oxygen atoms in total. The molecule has 1 aliphatic heterocycles. The van der Waals surface area contributed by atoms with Crippen molar-refractivity contribution in [3.05, 3.63) is 36.2 Å². The van der Waals surface area contributed by atoms with Gasteiger partial charge in [-0.15, -0.1) is 12.5 Å². The second-order valence-corrected chi connectivity index (χ2v) is 3.03. The van der Waals surface area contributed by atoms with Gasteiger partial charge in [0.25, 0.3) is 0 Å². The van der Waals surface area contributed by atoms with Gasteiger partial charge in [-0.1, -0.05) is 17.8 Å². The molecular weight excluding hydrogens is 239 g/mol. The topological polar surface area (TPSA) is 20.3 Å². The van der Waals surface area contributed by atoms with Gasteiger partial charge in [-0.05, 0) is 7.05 Å². The molecule has 0 fully saturated rings. The van der Waals surface area contributed by atoms with Gasteiger partial charge in [0.15, 0.2) is 0 Å². The molecule has 1 heterocycles. The maximum Gasteiger partial charge on any atom is 0.120 e. The van der Waals surface area contributed by atoms with E-state index in [2.05, 4.69) is 0 Å². The number of carbonyl (C=O) groups excluding carboxylic acids is 1. The Balaban J connectivity index is 0.000000845. The van der Waals surface area contributed by atoms with Crippen molar-refractivity contribution in [3.63, 3.8) is 0 Å². The van der Waals surface area contributed by atoms with Crippen LogP contribution in [0.25, 0.3) is 0 Å². The standard InChI is InChI=1S/C10H10NO.Y/c1-11-7-9(12)6-8-4-2-3-5-10(8)11;/h2-6H,7H2,1H3;/q-1;. The van der Waals surface area contributed by atoms with Crippen LogP contribution in [0.4, 0.5) is 5.69 Å². The van der Waals surface area contributed by atoms with Gasteiger partial charge >= 0.3 is 0 Å². The Morgan fingerprint density at radius 2 is 2.08 bits per heavy atom. The second kappa shape index (κ2) is 4.25. The van der Waals surface area contributed by atoms with Gasteiger partial charge < -0.3 is 9.69 Å². The molecule has 65 valence electrons. The maximum atomic E-state index is 11.1. The van der Waals surface area contributed by atoms with E-state index in [-0.39, 0.29) is 38.5 Å². The normalized spacial score (nSPS) is 14.2. The number of ketones is 1. The summed E-state index contributed by atoms with van der Waals surface area (Å²) in [5, 5.41) is 0. The summed E-state index contributed by atoms with van der Waals surface area (Å²) < 4.78 is 0. The van der Waals surface area contributed by atoms with Crippen LogP contribution in [0, 0.1) is 6.42 Å². The summed E-state index contributed by atoms with van der Waals surface area (Å²) in [6.07, 6.45) is 1.70. The zero-order valence-corrected chi connectivity index (χ0v) is 10.4. The van der Waals surface area contributed by atoms with Crippen LogP contribution < -0.4 is 4.90 Å². The Labute approximate surface area is 103 Å². The summed E-state index contributed by atoms with van der Waals surface area (Å²) >= 11 is 0.